The van der Waals surface area contributed by atoms with Crippen LogP contribution in [-0.2, 0) is 19.7 Å². The lowest BCUT2D eigenvalue weighted by atomic mass is 9.85. The van der Waals surface area contributed by atoms with Gasteiger partial charge in [0, 0.05) is 17.1 Å². The Balaban J connectivity index is 2.39. The van der Waals surface area contributed by atoms with Gasteiger partial charge in [-0.2, -0.15) is 13.2 Å². The maximum absolute atomic E-state index is 13.8. The monoisotopic (exact) mass is 504 g/mol. The van der Waals surface area contributed by atoms with E-state index in [0.717, 1.165) is 13.2 Å². The molecule has 0 bridgehead atoms. The molecule has 1 aliphatic heterocycles. The average Bonchev–Trinajstić information content (AvgIpc) is 2.72. The van der Waals surface area contributed by atoms with E-state index in [-0.39, 0.29) is 36.7 Å². The van der Waals surface area contributed by atoms with Crippen LogP contribution in [0.1, 0.15) is 44.7 Å². The van der Waals surface area contributed by atoms with Gasteiger partial charge in [-0.15, -0.1) is 0 Å². The van der Waals surface area contributed by atoms with Crippen molar-refractivity contribution in [3.05, 3.63) is 33.9 Å². The lowest BCUT2D eigenvalue weighted by Gasteiger charge is -2.31. The Bertz CT molecular complexity index is 999. The molecule has 0 fully saturated rings. The molecular formula is C22H28ClF3N4O4. The fourth-order valence-electron chi connectivity index (χ4n) is 3.36. The number of carbonyl (C=O) groups excluding carboxylic acids is 2. The molecule has 0 saturated heterocycles. The average molecular weight is 505 g/mol. The van der Waals surface area contributed by atoms with Crippen molar-refractivity contribution in [3.8, 4) is 5.75 Å². The van der Waals surface area contributed by atoms with Crippen molar-refractivity contribution in [3.63, 3.8) is 0 Å². The minimum absolute atomic E-state index is 0.0391. The first-order valence-corrected chi connectivity index (χ1v) is 10.8. The summed E-state index contributed by atoms with van der Waals surface area (Å²) in [6, 6.07) is 1.68. The number of benzene rings is 1. The van der Waals surface area contributed by atoms with Gasteiger partial charge in [-0.05, 0) is 42.0 Å². The zero-order valence-corrected chi connectivity index (χ0v) is 20.0. The first kappa shape index (κ1) is 27.3. The van der Waals surface area contributed by atoms with Crippen molar-refractivity contribution < 1.29 is 32.2 Å². The summed E-state index contributed by atoms with van der Waals surface area (Å²) in [6.45, 7) is 5.74. The molecule has 2 rings (SSSR count). The number of nitrogens with zero attached hydrogens (tertiary/aromatic N) is 1. The molecule has 0 aliphatic carbocycles. The van der Waals surface area contributed by atoms with E-state index in [2.05, 4.69) is 15.0 Å². The largest absolute Gasteiger partial charge is 0.475 e. The summed E-state index contributed by atoms with van der Waals surface area (Å²) in [6.07, 6.45) is -6.05. The highest BCUT2D eigenvalue weighted by molar-refractivity contribution is 6.31. The molecule has 5 N–H and O–H groups in total. The Morgan fingerprint density at radius 1 is 1.26 bits per heavy atom. The molecule has 0 spiro atoms. The minimum atomic E-state index is -4.89. The molecule has 12 heteroatoms. The van der Waals surface area contributed by atoms with E-state index in [9.17, 15) is 22.8 Å². The topological polar surface area (TPSA) is 129 Å². The van der Waals surface area contributed by atoms with Crippen molar-refractivity contribution in [2.45, 2.75) is 57.3 Å². The first-order valence-electron chi connectivity index (χ1n) is 10.4. The fourth-order valence-corrected chi connectivity index (χ4v) is 3.81. The summed E-state index contributed by atoms with van der Waals surface area (Å²) in [7, 11) is 1.10. The summed E-state index contributed by atoms with van der Waals surface area (Å²) in [5, 5.41) is 2.63. The number of hydrogen-bond donors (Lipinski definition) is 3. The van der Waals surface area contributed by atoms with E-state index < -0.39 is 41.2 Å². The van der Waals surface area contributed by atoms with Crippen LogP contribution < -0.4 is 21.5 Å². The second kappa shape index (κ2) is 10.5. The normalized spacial score (nSPS) is 16.5. The summed E-state index contributed by atoms with van der Waals surface area (Å²) in [5.41, 5.74) is 10.1. The lowest BCUT2D eigenvalue weighted by Crippen LogP contribution is -2.48. The van der Waals surface area contributed by atoms with Crippen molar-refractivity contribution in [1.29, 1.82) is 0 Å². The molecule has 8 nitrogen and oxygen atoms in total. The maximum atomic E-state index is 13.8. The Hall–Kier alpha value is -2.95. The molecule has 1 unspecified atom stereocenters. The third-order valence-corrected chi connectivity index (χ3v) is 5.35. The number of nitrogens with two attached hydrogens (primary N) is 2. The smallest absolute Gasteiger partial charge is 0.429 e. The Labute approximate surface area is 200 Å². The molecule has 1 aromatic carbocycles. The number of guanidine groups is 1. The number of alkyl halides is 3. The zero-order chi connectivity index (χ0) is 25.8. The molecule has 1 aromatic rings. The Kier molecular flexibility index (Phi) is 8.46. The highest BCUT2D eigenvalue weighted by Crippen LogP contribution is 2.42. The predicted molar refractivity (Wildman–Crippen MR) is 122 cm³/mol. The molecule has 0 aromatic heterocycles. The van der Waals surface area contributed by atoms with Crippen molar-refractivity contribution >= 4 is 35.5 Å². The van der Waals surface area contributed by atoms with Gasteiger partial charge >= 0.3 is 12.1 Å². The minimum Gasteiger partial charge on any atom is -0.475 e. The van der Waals surface area contributed by atoms with Crippen LogP contribution in [0.2, 0.25) is 5.02 Å². The van der Waals surface area contributed by atoms with Crippen LogP contribution in [0.5, 0.6) is 5.75 Å². The molecule has 34 heavy (non-hydrogen) atoms. The number of nitrogens with one attached hydrogen (secondary N) is 1. The van der Waals surface area contributed by atoms with Crippen LogP contribution in [0.4, 0.5) is 13.2 Å². The van der Waals surface area contributed by atoms with Crippen molar-refractivity contribution in [1.82, 2.24) is 5.32 Å². The van der Waals surface area contributed by atoms with Gasteiger partial charge in [0.05, 0.1) is 12.7 Å². The summed E-state index contributed by atoms with van der Waals surface area (Å²) in [5.74, 6) is -2.14. The summed E-state index contributed by atoms with van der Waals surface area (Å²) in [4.78, 5) is 28.7. The third-order valence-electron chi connectivity index (χ3n) is 5.04. The number of ether oxygens (including phenoxy) is 2. The summed E-state index contributed by atoms with van der Waals surface area (Å²) < 4.78 is 51.4. The van der Waals surface area contributed by atoms with Crippen molar-refractivity contribution in [2.75, 3.05) is 13.7 Å². The number of methoxy groups -OCH3 is 1. The molecular weight excluding hydrogens is 477 g/mol. The molecule has 1 amide bonds. The van der Waals surface area contributed by atoms with E-state index in [1.54, 1.807) is 0 Å². The van der Waals surface area contributed by atoms with Crippen LogP contribution in [0.25, 0.3) is 6.08 Å². The quantitative estimate of drug-likeness (QED) is 0.226. The van der Waals surface area contributed by atoms with Crippen LogP contribution in [0, 0.1) is 0 Å². The number of amides is 1. The number of rotatable bonds is 7. The van der Waals surface area contributed by atoms with Gasteiger partial charge in [0.15, 0.2) is 5.96 Å². The molecule has 1 heterocycles. The Morgan fingerprint density at radius 2 is 1.91 bits per heavy atom. The molecule has 0 saturated carbocycles. The molecule has 2 atom stereocenters. The zero-order valence-electron chi connectivity index (χ0n) is 19.3. The number of hydrogen-bond acceptors (Lipinski definition) is 5. The Morgan fingerprint density at radius 3 is 2.44 bits per heavy atom. The van der Waals surface area contributed by atoms with Gasteiger partial charge in [-0.3, -0.25) is 9.79 Å². The van der Waals surface area contributed by atoms with E-state index in [0.29, 0.717) is 10.6 Å². The highest BCUT2D eigenvalue weighted by atomic mass is 35.5. The van der Waals surface area contributed by atoms with Crippen LogP contribution in [0.3, 0.4) is 0 Å². The highest BCUT2D eigenvalue weighted by Gasteiger charge is 2.48. The number of fused-ring (bicyclic) bond motifs is 1. The van der Waals surface area contributed by atoms with Gasteiger partial charge in [0.2, 0.25) is 6.10 Å². The molecule has 1 aliphatic rings. The van der Waals surface area contributed by atoms with Crippen LogP contribution >= 0.6 is 11.6 Å². The van der Waals surface area contributed by atoms with Gasteiger partial charge < -0.3 is 26.3 Å². The maximum Gasteiger partial charge on any atom is 0.429 e. The van der Waals surface area contributed by atoms with E-state index in [1.165, 1.54) is 12.1 Å². The van der Waals surface area contributed by atoms with Gasteiger partial charge in [0.1, 0.15) is 11.8 Å². The van der Waals surface area contributed by atoms with E-state index in [4.69, 9.17) is 27.8 Å². The lowest BCUT2D eigenvalue weighted by molar-refractivity contribution is -0.185. The first-order chi connectivity index (χ1) is 15.6. The van der Waals surface area contributed by atoms with Gasteiger partial charge in [-0.25, -0.2) is 4.79 Å². The van der Waals surface area contributed by atoms with Crippen molar-refractivity contribution in [2.24, 2.45) is 16.5 Å². The van der Waals surface area contributed by atoms with Gasteiger partial charge in [-0.1, -0.05) is 32.4 Å². The van der Waals surface area contributed by atoms with Crippen LogP contribution in [-0.4, -0.2) is 49.8 Å². The van der Waals surface area contributed by atoms with Gasteiger partial charge in [0.25, 0.3) is 5.91 Å². The second-order valence-electron chi connectivity index (χ2n) is 8.76. The molecule has 0 radical (unpaired) electrons. The number of esters is 1. The third kappa shape index (κ3) is 6.78. The molecule has 188 valence electrons. The SMILES string of the molecule is COC(=O)C(CCCN=C(N)N)NC(=O)C1=Cc2cc(Cl)c(C(C)(C)C)cc2O[C@@H]1C(F)(F)F. The standard InChI is InChI=1S/C22H28ClF3N4O4/c1-21(2,3)13-10-16-11(9-14(13)23)8-12(17(34-16)22(24,25)26)18(31)30-15(19(32)33-4)6-5-7-29-20(27)28/h8-10,15,17H,5-7H2,1-4H3,(H,30,31)(H4,27,28,29)/t15?,17-/m0/s1. The fraction of sp³-hybridized carbons (Fsp3) is 0.500. The number of carbonyl (C=O) groups is 2. The van der Waals surface area contributed by atoms with E-state index >= 15 is 0 Å². The second-order valence-corrected chi connectivity index (χ2v) is 9.16. The number of aliphatic imine (C=N–C) groups is 1. The van der Waals surface area contributed by atoms with Crippen LogP contribution in [0.15, 0.2) is 22.7 Å². The van der Waals surface area contributed by atoms with E-state index in [1.807, 2.05) is 20.8 Å². The number of halogens is 4. The summed E-state index contributed by atoms with van der Waals surface area (Å²) >= 11 is 6.34. The predicted octanol–water partition coefficient (Wildman–Crippen LogP) is 3.06.